The number of hydrogen-bond acceptors (Lipinski definition) is 2. The number of halogens is 4. The Bertz CT molecular complexity index is 661. The van der Waals surface area contributed by atoms with E-state index in [1.165, 1.54) is 0 Å². The van der Waals surface area contributed by atoms with Gasteiger partial charge in [-0.2, -0.15) is 18.3 Å². The Balaban J connectivity index is 2.10. The molecular weight excluding hydrogens is 347 g/mol. The van der Waals surface area contributed by atoms with Gasteiger partial charge < -0.3 is 5.32 Å². The van der Waals surface area contributed by atoms with Crippen molar-refractivity contribution in [2.45, 2.75) is 25.6 Å². The average molecular weight is 360 g/mol. The first kappa shape index (κ1) is 14.4. The monoisotopic (exact) mass is 359 g/mol. The number of fused-ring (bicyclic) bond motifs is 1. The van der Waals surface area contributed by atoms with Crippen LogP contribution < -0.4 is 5.32 Å². The molecule has 0 amide bonds. The summed E-state index contributed by atoms with van der Waals surface area (Å²) < 4.78 is 41.0. The van der Waals surface area contributed by atoms with Gasteiger partial charge in [0.2, 0.25) is 0 Å². The van der Waals surface area contributed by atoms with Gasteiger partial charge in [-0.25, -0.2) is 4.68 Å². The van der Waals surface area contributed by atoms with E-state index in [9.17, 15) is 13.2 Å². The van der Waals surface area contributed by atoms with Crippen LogP contribution in [0, 0.1) is 6.92 Å². The fourth-order valence-corrected chi connectivity index (χ4v) is 3.08. The zero-order chi connectivity index (χ0) is 15.2. The molecule has 1 atom stereocenters. The van der Waals surface area contributed by atoms with Gasteiger partial charge in [0.05, 0.1) is 4.47 Å². The highest BCUT2D eigenvalue weighted by Crippen LogP contribution is 2.43. The van der Waals surface area contributed by atoms with Crippen LogP contribution in [0.15, 0.2) is 28.7 Å². The van der Waals surface area contributed by atoms with E-state index in [1.54, 1.807) is 0 Å². The van der Waals surface area contributed by atoms with Crippen molar-refractivity contribution in [3.05, 3.63) is 34.3 Å². The maximum atomic E-state index is 13.1. The molecule has 1 N–H and O–H groups in total. The van der Waals surface area contributed by atoms with Crippen molar-refractivity contribution in [1.82, 2.24) is 9.78 Å². The van der Waals surface area contributed by atoms with Crippen LogP contribution in [0.4, 0.5) is 19.0 Å². The molecule has 0 spiro atoms. The number of alkyl halides is 3. The minimum atomic E-state index is -4.30. The Morgan fingerprint density at radius 3 is 2.57 bits per heavy atom. The maximum Gasteiger partial charge on any atom is 0.410 e. The molecule has 7 heteroatoms. The van der Waals surface area contributed by atoms with Crippen molar-refractivity contribution in [3.63, 3.8) is 0 Å². The highest BCUT2D eigenvalue weighted by Gasteiger charge is 2.44. The molecule has 3 nitrogen and oxygen atoms in total. The Morgan fingerprint density at radius 2 is 1.95 bits per heavy atom. The molecule has 0 saturated carbocycles. The molecule has 1 aromatic heterocycles. The minimum absolute atomic E-state index is 0.0159. The van der Waals surface area contributed by atoms with Crippen molar-refractivity contribution in [2.24, 2.45) is 0 Å². The second-order valence-corrected chi connectivity index (χ2v) is 5.89. The highest BCUT2D eigenvalue weighted by atomic mass is 79.9. The van der Waals surface area contributed by atoms with E-state index in [0.717, 1.165) is 15.8 Å². The van der Waals surface area contributed by atoms with E-state index in [-0.39, 0.29) is 13.0 Å². The van der Waals surface area contributed by atoms with Crippen LogP contribution in [-0.2, 0) is 0 Å². The SMILES string of the molecule is Cc1ccc(-c2nn3c(c2Br)NCCC3C(F)(F)F)cc1. The fraction of sp³-hybridized carbons (Fsp3) is 0.357. The summed E-state index contributed by atoms with van der Waals surface area (Å²) in [5, 5.41) is 7.17. The third-order valence-electron chi connectivity index (χ3n) is 3.56. The Morgan fingerprint density at radius 1 is 1.29 bits per heavy atom. The predicted molar refractivity (Wildman–Crippen MR) is 78.3 cm³/mol. The molecule has 0 radical (unpaired) electrons. The number of aryl methyl sites for hydroxylation is 1. The van der Waals surface area contributed by atoms with Crippen LogP contribution in [0.3, 0.4) is 0 Å². The molecule has 112 valence electrons. The Labute approximate surface area is 128 Å². The number of anilines is 1. The molecule has 0 fully saturated rings. The first-order valence-electron chi connectivity index (χ1n) is 6.53. The summed E-state index contributed by atoms with van der Waals surface area (Å²) in [6, 6.07) is 5.96. The smallest absolute Gasteiger partial charge is 0.369 e. The molecule has 2 heterocycles. The van der Waals surface area contributed by atoms with Crippen molar-refractivity contribution < 1.29 is 13.2 Å². The molecule has 2 aromatic rings. The summed E-state index contributed by atoms with van der Waals surface area (Å²) in [5.74, 6) is 0.388. The maximum absolute atomic E-state index is 13.1. The number of benzene rings is 1. The first-order chi connectivity index (χ1) is 9.88. The molecule has 0 aliphatic carbocycles. The number of aromatic nitrogens is 2. The highest BCUT2D eigenvalue weighted by molar-refractivity contribution is 9.10. The number of rotatable bonds is 1. The zero-order valence-corrected chi connectivity index (χ0v) is 12.8. The normalized spacial score (nSPS) is 18.2. The molecule has 1 aromatic carbocycles. The van der Waals surface area contributed by atoms with Crippen LogP contribution in [0.25, 0.3) is 11.3 Å². The molecule has 1 aliphatic heterocycles. The van der Waals surface area contributed by atoms with Gasteiger partial charge in [0, 0.05) is 12.1 Å². The number of nitrogens with one attached hydrogen (secondary N) is 1. The van der Waals surface area contributed by atoms with E-state index >= 15 is 0 Å². The summed E-state index contributed by atoms with van der Waals surface area (Å²) in [5.41, 5.74) is 2.40. The van der Waals surface area contributed by atoms with Crippen LogP contribution in [0.2, 0.25) is 0 Å². The minimum Gasteiger partial charge on any atom is -0.369 e. The van der Waals surface area contributed by atoms with Gasteiger partial charge in [-0.05, 0) is 29.3 Å². The number of nitrogens with zero attached hydrogens (tertiary/aromatic N) is 2. The number of hydrogen-bond donors (Lipinski definition) is 1. The average Bonchev–Trinajstić information content (AvgIpc) is 2.76. The third-order valence-corrected chi connectivity index (χ3v) is 4.31. The van der Waals surface area contributed by atoms with Crippen LogP contribution in [0.5, 0.6) is 0 Å². The molecule has 1 aliphatic rings. The van der Waals surface area contributed by atoms with Crippen LogP contribution >= 0.6 is 15.9 Å². The van der Waals surface area contributed by atoms with Gasteiger partial charge in [0.1, 0.15) is 11.5 Å². The van der Waals surface area contributed by atoms with Crippen molar-refractivity contribution >= 4 is 21.7 Å². The fourth-order valence-electron chi connectivity index (χ4n) is 2.45. The van der Waals surface area contributed by atoms with Crippen molar-refractivity contribution in [1.29, 1.82) is 0 Å². The lowest BCUT2D eigenvalue weighted by Gasteiger charge is -2.27. The Hall–Kier alpha value is -1.50. The van der Waals surface area contributed by atoms with E-state index in [1.807, 2.05) is 31.2 Å². The summed E-state index contributed by atoms with van der Waals surface area (Å²) in [6.45, 7) is 2.24. The quantitative estimate of drug-likeness (QED) is 0.809. The second kappa shape index (κ2) is 5.05. The standard InChI is InChI=1S/C14H13BrF3N3/c1-8-2-4-9(5-3-8)12-11(15)13-19-7-6-10(14(16,17)18)21(13)20-12/h2-5,10,19H,6-7H2,1H3. The first-order valence-corrected chi connectivity index (χ1v) is 7.33. The molecule has 3 rings (SSSR count). The van der Waals surface area contributed by atoms with E-state index in [2.05, 4.69) is 26.3 Å². The summed E-state index contributed by atoms with van der Waals surface area (Å²) >= 11 is 3.37. The van der Waals surface area contributed by atoms with Crippen LogP contribution in [-0.4, -0.2) is 22.5 Å². The van der Waals surface area contributed by atoms with E-state index < -0.39 is 12.2 Å². The molecule has 21 heavy (non-hydrogen) atoms. The van der Waals surface area contributed by atoms with Crippen LogP contribution in [0.1, 0.15) is 18.0 Å². The second-order valence-electron chi connectivity index (χ2n) is 5.09. The molecule has 1 unspecified atom stereocenters. The van der Waals surface area contributed by atoms with Gasteiger partial charge in [-0.1, -0.05) is 29.8 Å². The van der Waals surface area contributed by atoms with Gasteiger partial charge in [-0.3, -0.25) is 0 Å². The summed E-state index contributed by atoms with van der Waals surface area (Å²) in [4.78, 5) is 0. The lowest BCUT2D eigenvalue weighted by Crippen LogP contribution is -2.34. The summed E-state index contributed by atoms with van der Waals surface area (Å²) in [6.07, 6.45) is -4.31. The molecule has 0 bridgehead atoms. The van der Waals surface area contributed by atoms with Gasteiger partial charge in [0.15, 0.2) is 6.04 Å². The zero-order valence-electron chi connectivity index (χ0n) is 11.2. The predicted octanol–water partition coefficient (Wildman–Crippen LogP) is 4.54. The topological polar surface area (TPSA) is 29.9 Å². The van der Waals surface area contributed by atoms with Gasteiger partial charge >= 0.3 is 6.18 Å². The van der Waals surface area contributed by atoms with Gasteiger partial charge in [-0.15, -0.1) is 0 Å². The lowest BCUT2D eigenvalue weighted by molar-refractivity contribution is -0.171. The van der Waals surface area contributed by atoms with E-state index in [0.29, 0.717) is 16.0 Å². The van der Waals surface area contributed by atoms with Crippen molar-refractivity contribution in [2.75, 3.05) is 11.9 Å². The van der Waals surface area contributed by atoms with Gasteiger partial charge in [0.25, 0.3) is 0 Å². The third kappa shape index (κ3) is 2.54. The molecular formula is C14H13BrF3N3. The molecule has 0 saturated heterocycles. The van der Waals surface area contributed by atoms with Crippen molar-refractivity contribution in [3.8, 4) is 11.3 Å². The Kier molecular flexibility index (Phi) is 3.47. The largest absolute Gasteiger partial charge is 0.410 e. The van der Waals surface area contributed by atoms with E-state index in [4.69, 9.17) is 0 Å². The lowest BCUT2D eigenvalue weighted by atomic mass is 10.1. The summed E-state index contributed by atoms with van der Waals surface area (Å²) in [7, 11) is 0.